The summed E-state index contributed by atoms with van der Waals surface area (Å²) in [6, 6.07) is 9.89. The molecule has 0 N–H and O–H groups in total. The number of carbonyl (C=O) groups excluding carboxylic acids is 1. The van der Waals surface area contributed by atoms with Crippen LogP contribution in [0.15, 0.2) is 30.3 Å². The molecule has 0 aromatic heterocycles. The van der Waals surface area contributed by atoms with Gasteiger partial charge in [0.15, 0.2) is 0 Å². The molecule has 0 bridgehead atoms. The van der Waals surface area contributed by atoms with E-state index in [0.717, 1.165) is 24.1 Å². The van der Waals surface area contributed by atoms with E-state index in [2.05, 4.69) is 0 Å². The van der Waals surface area contributed by atoms with Crippen LogP contribution in [-0.4, -0.2) is 24.1 Å². The molecule has 1 saturated heterocycles. The fourth-order valence-corrected chi connectivity index (χ4v) is 4.40. The zero-order valence-electron chi connectivity index (χ0n) is 12.5. The van der Waals surface area contributed by atoms with Gasteiger partial charge < -0.3 is 9.64 Å². The Morgan fingerprint density at radius 1 is 1.00 bits per heavy atom. The van der Waals surface area contributed by atoms with Crippen LogP contribution in [0.5, 0.6) is 0 Å². The van der Waals surface area contributed by atoms with Crippen molar-refractivity contribution >= 4 is 6.09 Å². The minimum atomic E-state index is -0.144. The average Bonchev–Trinajstić information content (AvgIpc) is 3.26. The molecule has 0 unspecified atom stereocenters. The number of ether oxygens (including phenoxy) is 1. The summed E-state index contributed by atoms with van der Waals surface area (Å²) in [5.41, 5.74) is 2.39. The first kappa shape index (κ1) is 13.2. The lowest BCUT2D eigenvalue weighted by molar-refractivity contribution is -0.0261. The SMILES string of the molecule is O=C(OCc1ccccc1)N1CCC2(CC1)CC1(CC1)C2. The molecule has 3 fully saturated rings. The van der Waals surface area contributed by atoms with Gasteiger partial charge in [0.2, 0.25) is 0 Å². The van der Waals surface area contributed by atoms with E-state index in [1.807, 2.05) is 35.2 Å². The molecule has 2 aliphatic carbocycles. The van der Waals surface area contributed by atoms with Crippen LogP contribution < -0.4 is 0 Å². The summed E-state index contributed by atoms with van der Waals surface area (Å²) >= 11 is 0. The van der Waals surface area contributed by atoms with E-state index in [0.29, 0.717) is 12.0 Å². The summed E-state index contributed by atoms with van der Waals surface area (Å²) in [6.45, 7) is 2.14. The molecule has 4 rings (SSSR count). The second kappa shape index (κ2) is 4.75. The third kappa shape index (κ3) is 2.54. The fourth-order valence-electron chi connectivity index (χ4n) is 4.40. The first-order chi connectivity index (χ1) is 10.2. The molecule has 3 aliphatic rings. The molecule has 3 nitrogen and oxygen atoms in total. The largest absolute Gasteiger partial charge is 0.445 e. The topological polar surface area (TPSA) is 29.5 Å². The Balaban J connectivity index is 1.25. The number of carbonyl (C=O) groups is 1. The molecular formula is C18H23NO2. The van der Waals surface area contributed by atoms with Crippen molar-refractivity contribution in [3.63, 3.8) is 0 Å². The van der Waals surface area contributed by atoms with Crippen molar-refractivity contribution < 1.29 is 9.53 Å². The summed E-state index contributed by atoms with van der Waals surface area (Å²) in [5, 5.41) is 0. The second-order valence-electron chi connectivity index (χ2n) is 7.38. The fraction of sp³-hybridized carbons (Fsp3) is 0.611. The Kier molecular flexibility index (Phi) is 2.98. The maximum atomic E-state index is 12.1. The lowest BCUT2D eigenvalue weighted by Crippen LogP contribution is -2.49. The van der Waals surface area contributed by atoms with Crippen LogP contribution >= 0.6 is 0 Å². The Bertz CT molecular complexity index is 517. The van der Waals surface area contributed by atoms with Crippen LogP contribution in [0.4, 0.5) is 4.79 Å². The Hall–Kier alpha value is -1.51. The molecule has 3 heteroatoms. The number of piperidine rings is 1. The molecule has 21 heavy (non-hydrogen) atoms. The van der Waals surface area contributed by atoms with Gasteiger partial charge in [0.25, 0.3) is 0 Å². The third-order valence-corrected chi connectivity index (χ3v) is 5.74. The summed E-state index contributed by atoms with van der Waals surface area (Å²) in [7, 11) is 0. The van der Waals surface area contributed by atoms with E-state index < -0.39 is 0 Å². The highest BCUT2D eigenvalue weighted by molar-refractivity contribution is 5.67. The van der Waals surface area contributed by atoms with E-state index in [9.17, 15) is 4.79 Å². The second-order valence-corrected chi connectivity index (χ2v) is 7.38. The lowest BCUT2D eigenvalue weighted by atomic mass is 9.55. The maximum Gasteiger partial charge on any atom is 0.410 e. The third-order valence-electron chi connectivity index (χ3n) is 5.74. The van der Waals surface area contributed by atoms with Gasteiger partial charge in [-0.1, -0.05) is 30.3 Å². The van der Waals surface area contributed by atoms with E-state index in [1.165, 1.54) is 38.5 Å². The average molecular weight is 285 g/mol. The number of benzene rings is 1. The normalized spacial score (nSPS) is 24.7. The number of rotatable bonds is 2. The molecule has 0 radical (unpaired) electrons. The van der Waals surface area contributed by atoms with Gasteiger partial charge in [-0.3, -0.25) is 0 Å². The Morgan fingerprint density at radius 3 is 2.24 bits per heavy atom. The van der Waals surface area contributed by atoms with Crippen molar-refractivity contribution in [3.8, 4) is 0 Å². The van der Waals surface area contributed by atoms with Gasteiger partial charge in [-0.2, -0.15) is 0 Å². The minimum absolute atomic E-state index is 0.144. The Morgan fingerprint density at radius 2 is 1.62 bits per heavy atom. The van der Waals surface area contributed by atoms with E-state index >= 15 is 0 Å². The van der Waals surface area contributed by atoms with Gasteiger partial charge in [-0.05, 0) is 54.9 Å². The molecule has 1 amide bonds. The van der Waals surface area contributed by atoms with Gasteiger partial charge in [-0.25, -0.2) is 4.79 Å². The van der Waals surface area contributed by atoms with E-state index in [1.54, 1.807) is 0 Å². The van der Waals surface area contributed by atoms with E-state index in [-0.39, 0.29) is 6.09 Å². The molecular weight excluding hydrogens is 262 g/mol. The molecule has 112 valence electrons. The quantitative estimate of drug-likeness (QED) is 0.822. The van der Waals surface area contributed by atoms with Crippen LogP contribution in [0.1, 0.15) is 44.1 Å². The van der Waals surface area contributed by atoms with Gasteiger partial charge >= 0.3 is 6.09 Å². The lowest BCUT2D eigenvalue weighted by Gasteiger charge is -2.53. The summed E-state index contributed by atoms with van der Waals surface area (Å²) in [4.78, 5) is 14.0. The number of hydrogen-bond donors (Lipinski definition) is 0. The highest BCUT2D eigenvalue weighted by Gasteiger charge is 2.60. The monoisotopic (exact) mass is 285 g/mol. The van der Waals surface area contributed by atoms with Crippen molar-refractivity contribution in [2.24, 2.45) is 10.8 Å². The maximum absolute atomic E-state index is 12.1. The van der Waals surface area contributed by atoms with Gasteiger partial charge in [0.05, 0.1) is 0 Å². The van der Waals surface area contributed by atoms with Gasteiger partial charge in [-0.15, -0.1) is 0 Å². The number of nitrogens with zero attached hydrogens (tertiary/aromatic N) is 1. The number of hydrogen-bond acceptors (Lipinski definition) is 2. The molecule has 2 saturated carbocycles. The number of amides is 1. The predicted octanol–water partition coefficient (Wildman–Crippen LogP) is 3.98. The molecule has 0 atom stereocenters. The summed E-state index contributed by atoms with van der Waals surface area (Å²) < 4.78 is 5.43. The van der Waals surface area contributed by atoms with Gasteiger partial charge in [0.1, 0.15) is 6.61 Å². The summed E-state index contributed by atoms with van der Waals surface area (Å²) in [6.07, 6.45) is 7.97. The highest BCUT2D eigenvalue weighted by Crippen LogP contribution is 2.71. The standard InChI is InChI=1S/C18H23NO2/c20-16(21-12-15-4-2-1-3-5-15)19-10-8-18(9-11-19)13-17(14-18)6-7-17/h1-5H,6-14H2. The van der Waals surface area contributed by atoms with Gasteiger partial charge in [0, 0.05) is 13.1 Å². The molecule has 1 aromatic rings. The van der Waals surface area contributed by atoms with Crippen molar-refractivity contribution in [1.29, 1.82) is 0 Å². The molecule has 1 heterocycles. The predicted molar refractivity (Wildman–Crippen MR) is 80.8 cm³/mol. The van der Waals surface area contributed by atoms with Crippen LogP contribution in [0.3, 0.4) is 0 Å². The summed E-state index contributed by atoms with van der Waals surface area (Å²) in [5.74, 6) is 0. The smallest absolute Gasteiger partial charge is 0.410 e. The molecule has 2 spiro atoms. The van der Waals surface area contributed by atoms with Crippen molar-refractivity contribution in [2.45, 2.75) is 45.1 Å². The Labute approximate surface area is 126 Å². The zero-order chi connectivity index (χ0) is 14.3. The van der Waals surface area contributed by atoms with Crippen molar-refractivity contribution in [3.05, 3.63) is 35.9 Å². The van der Waals surface area contributed by atoms with Crippen LogP contribution in [-0.2, 0) is 11.3 Å². The van der Waals surface area contributed by atoms with Crippen LogP contribution in [0, 0.1) is 10.8 Å². The molecule has 1 aromatic carbocycles. The van der Waals surface area contributed by atoms with Crippen LogP contribution in [0.25, 0.3) is 0 Å². The highest BCUT2D eigenvalue weighted by atomic mass is 16.6. The van der Waals surface area contributed by atoms with Crippen LogP contribution in [0.2, 0.25) is 0 Å². The molecule has 1 aliphatic heterocycles. The minimum Gasteiger partial charge on any atom is -0.445 e. The zero-order valence-corrected chi connectivity index (χ0v) is 12.5. The van der Waals surface area contributed by atoms with Crippen molar-refractivity contribution in [2.75, 3.05) is 13.1 Å². The first-order valence-corrected chi connectivity index (χ1v) is 8.15. The van der Waals surface area contributed by atoms with E-state index in [4.69, 9.17) is 4.74 Å². The number of likely N-dealkylation sites (tertiary alicyclic amines) is 1. The van der Waals surface area contributed by atoms with Crippen molar-refractivity contribution in [1.82, 2.24) is 4.90 Å². The first-order valence-electron chi connectivity index (χ1n) is 8.15.